The van der Waals surface area contributed by atoms with Crippen LogP contribution in [0.15, 0.2) is 35.9 Å². The second-order valence-electron chi connectivity index (χ2n) is 6.81. The molecule has 1 aromatic carbocycles. The Morgan fingerprint density at radius 1 is 1.14 bits per heavy atom. The number of hydrogen-bond acceptors (Lipinski definition) is 2. The second-order valence-corrected chi connectivity index (χ2v) is 6.81. The van der Waals surface area contributed by atoms with Gasteiger partial charge in [-0.25, -0.2) is 0 Å². The summed E-state index contributed by atoms with van der Waals surface area (Å²) in [7, 11) is 0. The van der Waals surface area contributed by atoms with E-state index in [4.69, 9.17) is 9.47 Å². The van der Waals surface area contributed by atoms with Gasteiger partial charge >= 0.3 is 0 Å². The summed E-state index contributed by atoms with van der Waals surface area (Å²) in [6.45, 7) is 14.3. The van der Waals surface area contributed by atoms with E-state index in [2.05, 4.69) is 59.8 Å². The Labute approximate surface area is 130 Å². The molecule has 1 rings (SSSR count). The lowest BCUT2D eigenvalue weighted by molar-refractivity contribution is 0.0813. The van der Waals surface area contributed by atoms with E-state index in [1.165, 1.54) is 11.1 Å². The van der Waals surface area contributed by atoms with Crippen molar-refractivity contribution in [3.05, 3.63) is 41.5 Å². The Morgan fingerprint density at radius 3 is 2.29 bits per heavy atom. The molecule has 0 saturated heterocycles. The van der Waals surface area contributed by atoms with E-state index in [0.717, 1.165) is 18.8 Å². The van der Waals surface area contributed by atoms with Gasteiger partial charge in [-0.2, -0.15) is 0 Å². The molecule has 0 heterocycles. The second kappa shape index (κ2) is 8.23. The van der Waals surface area contributed by atoms with Crippen molar-refractivity contribution in [1.29, 1.82) is 0 Å². The third kappa shape index (κ3) is 7.33. The maximum atomic E-state index is 5.75. The fraction of sp³-hybridized carbons (Fsp3) is 0.579. The summed E-state index contributed by atoms with van der Waals surface area (Å²) in [5, 5.41) is 0. The van der Waals surface area contributed by atoms with Gasteiger partial charge in [-0.3, -0.25) is 0 Å². The van der Waals surface area contributed by atoms with Crippen molar-refractivity contribution in [1.82, 2.24) is 0 Å². The summed E-state index contributed by atoms with van der Waals surface area (Å²) in [5.41, 5.74) is 2.82. The Hall–Kier alpha value is -1.28. The van der Waals surface area contributed by atoms with E-state index < -0.39 is 0 Å². The van der Waals surface area contributed by atoms with Gasteiger partial charge in [0.1, 0.15) is 12.4 Å². The number of ether oxygens (including phenoxy) is 2. The predicted octanol–water partition coefficient (Wildman–Crippen LogP) is 5.12. The van der Waals surface area contributed by atoms with Crippen LogP contribution in [-0.2, 0) is 10.2 Å². The maximum Gasteiger partial charge on any atom is 0.119 e. The molecule has 0 radical (unpaired) electrons. The van der Waals surface area contributed by atoms with Gasteiger partial charge < -0.3 is 9.47 Å². The molecule has 0 aliphatic rings. The third-order valence-electron chi connectivity index (χ3n) is 3.35. The Morgan fingerprint density at radius 2 is 1.76 bits per heavy atom. The van der Waals surface area contributed by atoms with Crippen molar-refractivity contribution in [3.8, 4) is 5.75 Å². The summed E-state index contributed by atoms with van der Waals surface area (Å²) in [6, 6.07) is 8.38. The molecular formula is C19H30O2. The molecular weight excluding hydrogens is 260 g/mol. The molecule has 0 atom stereocenters. The average molecular weight is 290 g/mol. The fourth-order valence-electron chi connectivity index (χ4n) is 1.89. The molecule has 0 saturated carbocycles. The molecule has 0 spiro atoms. The number of rotatable bonds is 7. The van der Waals surface area contributed by atoms with Crippen molar-refractivity contribution < 1.29 is 9.47 Å². The molecule has 0 amide bonds. The van der Waals surface area contributed by atoms with Crippen molar-refractivity contribution >= 4 is 0 Å². The standard InChI is InChI=1S/C19H30O2/c1-15(2)20-13-11-16(3)12-14-21-18-9-7-17(8-10-18)19(4,5)6/h7-10,12,15H,11,13-14H2,1-6H3. The fourth-order valence-corrected chi connectivity index (χ4v) is 1.89. The largest absolute Gasteiger partial charge is 0.490 e. The lowest BCUT2D eigenvalue weighted by Crippen LogP contribution is -2.10. The molecule has 0 unspecified atom stereocenters. The minimum atomic E-state index is 0.186. The molecule has 0 fully saturated rings. The summed E-state index contributed by atoms with van der Waals surface area (Å²) < 4.78 is 11.3. The number of hydrogen-bond donors (Lipinski definition) is 0. The molecule has 0 N–H and O–H groups in total. The predicted molar refractivity (Wildman–Crippen MR) is 90.1 cm³/mol. The Bertz CT molecular complexity index is 436. The van der Waals surface area contributed by atoms with E-state index >= 15 is 0 Å². The molecule has 0 bridgehead atoms. The molecule has 0 aliphatic carbocycles. The van der Waals surface area contributed by atoms with Gasteiger partial charge in [0.25, 0.3) is 0 Å². The first-order valence-electron chi connectivity index (χ1n) is 7.79. The van der Waals surface area contributed by atoms with E-state index in [1.807, 2.05) is 12.1 Å². The highest BCUT2D eigenvalue weighted by Crippen LogP contribution is 2.24. The van der Waals surface area contributed by atoms with Gasteiger partial charge in [0.05, 0.1) is 12.7 Å². The maximum absolute atomic E-state index is 5.75. The zero-order valence-corrected chi connectivity index (χ0v) is 14.4. The first-order valence-corrected chi connectivity index (χ1v) is 7.79. The first-order chi connectivity index (χ1) is 9.79. The highest BCUT2D eigenvalue weighted by molar-refractivity contribution is 5.31. The summed E-state index contributed by atoms with van der Waals surface area (Å²) in [6.07, 6.45) is 3.39. The summed E-state index contributed by atoms with van der Waals surface area (Å²) in [4.78, 5) is 0. The van der Waals surface area contributed by atoms with Crippen molar-refractivity contribution in [2.45, 2.75) is 59.5 Å². The highest BCUT2D eigenvalue weighted by atomic mass is 16.5. The molecule has 2 nitrogen and oxygen atoms in total. The number of benzene rings is 1. The molecule has 1 aromatic rings. The van der Waals surface area contributed by atoms with E-state index in [9.17, 15) is 0 Å². The smallest absolute Gasteiger partial charge is 0.119 e. The van der Waals surface area contributed by atoms with E-state index in [-0.39, 0.29) is 5.41 Å². The zero-order chi connectivity index (χ0) is 15.9. The molecule has 21 heavy (non-hydrogen) atoms. The third-order valence-corrected chi connectivity index (χ3v) is 3.35. The lowest BCUT2D eigenvalue weighted by atomic mass is 9.87. The summed E-state index contributed by atoms with van der Waals surface area (Å²) in [5.74, 6) is 0.922. The van der Waals surface area contributed by atoms with Gasteiger partial charge in [-0.05, 0) is 56.4 Å². The monoisotopic (exact) mass is 290 g/mol. The molecule has 0 aromatic heterocycles. The van der Waals surface area contributed by atoms with Gasteiger partial charge in [0, 0.05) is 0 Å². The average Bonchev–Trinajstić information content (AvgIpc) is 2.38. The van der Waals surface area contributed by atoms with Crippen LogP contribution >= 0.6 is 0 Å². The van der Waals surface area contributed by atoms with Crippen molar-refractivity contribution in [2.75, 3.05) is 13.2 Å². The van der Waals surface area contributed by atoms with Crippen LogP contribution in [-0.4, -0.2) is 19.3 Å². The normalized spacial score (nSPS) is 12.8. The van der Waals surface area contributed by atoms with E-state index in [0.29, 0.717) is 12.7 Å². The molecule has 0 aliphatic heterocycles. The van der Waals surface area contributed by atoms with Crippen LogP contribution in [0.1, 0.15) is 53.5 Å². The Kier molecular flexibility index (Phi) is 6.97. The lowest BCUT2D eigenvalue weighted by Gasteiger charge is -2.19. The van der Waals surface area contributed by atoms with Crippen molar-refractivity contribution in [3.63, 3.8) is 0 Å². The van der Waals surface area contributed by atoms with Crippen LogP contribution in [0, 0.1) is 0 Å². The van der Waals surface area contributed by atoms with Gasteiger partial charge in [-0.15, -0.1) is 0 Å². The van der Waals surface area contributed by atoms with Crippen LogP contribution in [0.5, 0.6) is 5.75 Å². The summed E-state index contributed by atoms with van der Waals surface area (Å²) >= 11 is 0. The minimum Gasteiger partial charge on any atom is -0.490 e. The van der Waals surface area contributed by atoms with E-state index in [1.54, 1.807) is 0 Å². The Balaban J connectivity index is 2.38. The highest BCUT2D eigenvalue weighted by Gasteiger charge is 2.12. The first kappa shape index (κ1) is 17.8. The van der Waals surface area contributed by atoms with Gasteiger partial charge in [0.2, 0.25) is 0 Å². The quantitative estimate of drug-likeness (QED) is 0.649. The molecule has 118 valence electrons. The topological polar surface area (TPSA) is 18.5 Å². The molecule has 2 heteroatoms. The zero-order valence-electron chi connectivity index (χ0n) is 14.4. The van der Waals surface area contributed by atoms with Crippen LogP contribution < -0.4 is 4.74 Å². The van der Waals surface area contributed by atoms with Crippen molar-refractivity contribution in [2.24, 2.45) is 0 Å². The SMILES string of the molecule is CC(=CCOc1ccc(C(C)(C)C)cc1)CCOC(C)C. The minimum absolute atomic E-state index is 0.186. The van der Waals surface area contributed by atoms with Crippen LogP contribution in [0.25, 0.3) is 0 Å². The van der Waals surface area contributed by atoms with Crippen LogP contribution in [0.2, 0.25) is 0 Å². The van der Waals surface area contributed by atoms with Gasteiger partial charge in [0.15, 0.2) is 0 Å². The van der Waals surface area contributed by atoms with Crippen LogP contribution in [0.4, 0.5) is 0 Å². The van der Waals surface area contributed by atoms with Crippen LogP contribution in [0.3, 0.4) is 0 Å². The van der Waals surface area contributed by atoms with Gasteiger partial charge in [-0.1, -0.05) is 38.5 Å².